The molecule has 0 aromatic carbocycles. The largest absolute Gasteiger partial charge is 0.330 e. The third kappa shape index (κ3) is 2.30. The Morgan fingerprint density at radius 1 is 1.31 bits per heavy atom. The van der Waals surface area contributed by atoms with Crippen LogP contribution in [0.4, 0.5) is 0 Å². The van der Waals surface area contributed by atoms with Crippen molar-refractivity contribution in [1.82, 2.24) is 4.90 Å². The van der Waals surface area contributed by atoms with Crippen molar-refractivity contribution in [3.05, 3.63) is 0 Å². The summed E-state index contributed by atoms with van der Waals surface area (Å²) >= 11 is 0. The number of hydrogen-bond donors (Lipinski definition) is 1. The predicted molar refractivity (Wildman–Crippen MR) is 55.0 cm³/mol. The van der Waals surface area contributed by atoms with Crippen molar-refractivity contribution in [2.75, 3.05) is 37.7 Å². The molecule has 0 aromatic heterocycles. The summed E-state index contributed by atoms with van der Waals surface area (Å²) in [5.41, 5.74) is 6.17. The van der Waals surface area contributed by atoms with E-state index in [2.05, 4.69) is 4.90 Å². The van der Waals surface area contributed by atoms with Gasteiger partial charge in [-0.05, 0) is 24.8 Å². The van der Waals surface area contributed by atoms with Gasteiger partial charge in [-0.2, -0.15) is 0 Å². The molecule has 2 N–H and O–H groups in total. The highest BCUT2D eigenvalue weighted by atomic mass is 32.2. The summed E-state index contributed by atoms with van der Waals surface area (Å²) in [7, 11) is -0.544. The van der Waals surface area contributed by atoms with Crippen LogP contribution in [-0.2, 0) is 10.8 Å². The molecule has 2 fully saturated rings. The first-order valence-electron chi connectivity index (χ1n) is 5.02. The van der Waals surface area contributed by atoms with Gasteiger partial charge in [-0.1, -0.05) is 0 Å². The third-order valence-electron chi connectivity index (χ3n) is 3.22. The molecule has 76 valence electrons. The summed E-state index contributed by atoms with van der Waals surface area (Å²) in [6.07, 6.45) is 2.59. The van der Waals surface area contributed by atoms with Crippen molar-refractivity contribution >= 4 is 10.8 Å². The molecule has 0 aromatic rings. The van der Waals surface area contributed by atoms with Crippen LogP contribution in [0.2, 0.25) is 0 Å². The Morgan fingerprint density at radius 3 is 2.38 bits per heavy atom. The van der Waals surface area contributed by atoms with E-state index in [9.17, 15) is 4.21 Å². The van der Waals surface area contributed by atoms with E-state index >= 15 is 0 Å². The molecular weight excluding hydrogens is 184 g/mol. The smallest absolute Gasteiger partial charge is 0.0363 e. The summed E-state index contributed by atoms with van der Waals surface area (Å²) in [6, 6.07) is 0. The second-order valence-corrected chi connectivity index (χ2v) is 6.02. The molecule has 1 aliphatic carbocycles. The highest BCUT2D eigenvalue weighted by molar-refractivity contribution is 7.85. The van der Waals surface area contributed by atoms with Crippen molar-refractivity contribution < 1.29 is 4.21 Å². The van der Waals surface area contributed by atoms with Crippen molar-refractivity contribution in [3.63, 3.8) is 0 Å². The van der Waals surface area contributed by atoms with Crippen molar-refractivity contribution in [3.8, 4) is 0 Å². The number of nitrogens with zero attached hydrogens (tertiary/aromatic N) is 1. The minimum absolute atomic E-state index is 0.443. The van der Waals surface area contributed by atoms with E-state index in [1.807, 2.05) is 0 Å². The van der Waals surface area contributed by atoms with Crippen LogP contribution in [0.5, 0.6) is 0 Å². The van der Waals surface area contributed by atoms with Crippen molar-refractivity contribution in [1.29, 1.82) is 0 Å². The van der Waals surface area contributed by atoms with E-state index in [1.54, 1.807) is 0 Å². The third-order valence-corrected chi connectivity index (χ3v) is 4.50. The van der Waals surface area contributed by atoms with Crippen LogP contribution in [0.15, 0.2) is 0 Å². The fourth-order valence-electron chi connectivity index (χ4n) is 1.91. The van der Waals surface area contributed by atoms with Crippen LogP contribution in [0, 0.1) is 5.41 Å². The van der Waals surface area contributed by atoms with Crippen LogP contribution >= 0.6 is 0 Å². The van der Waals surface area contributed by atoms with Gasteiger partial charge in [0.1, 0.15) is 0 Å². The molecule has 0 bridgehead atoms. The molecule has 0 spiro atoms. The lowest BCUT2D eigenvalue weighted by molar-refractivity contribution is 0.240. The van der Waals surface area contributed by atoms with Crippen molar-refractivity contribution in [2.45, 2.75) is 12.8 Å². The average Bonchev–Trinajstić information content (AvgIpc) is 2.90. The van der Waals surface area contributed by atoms with Gasteiger partial charge in [0.25, 0.3) is 0 Å². The molecule has 1 saturated heterocycles. The van der Waals surface area contributed by atoms with E-state index in [4.69, 9.17) is 5.73 Å². The van der Waals surface area contributed by atoms with E-state index < -0.39 is 10.8 Å². The van der Waals surface area contributed by atoms with E-state index in [0.717, 1.165) is 37.7 Å². The van der Waals surface area contributed by atoms with Gasteiger partial charge in [-0.15, -0.1) is 0 Å². The van der Waals surface area contributed by atoms with Gasteiger partial charge in [0.05, 0.1) is 0 Å². The Hall–Kier alpha value is 0.0700. The lowest BCUT2D eigenvalue weighted by Gasteiger charge is -2.29. The highest BCUT2D eigenvalue weighted by Crippen LogP contribution is 2.45. The molecule has 2 rings (SSSR count). The van der Waals surface area contributed by atoms with E-state index in [0.29, 0.717) is 5.41 Å². The topological polar surface area (TPSA) is 46.3 Å². The maximum Gasteiger partial charge on any atom is 0.0363 e. The normalized spacial score (nSPS) is 29.0. The van der Waals surface area contributed by atoms with Gasteiger partial charge >= 0.3 is 0 Å². The summed E-state index contributed by atoms with van der Waals surface area (Å²) < 4.78 is 11.1. The zero-order chi connectivity index (χ0) is 9.31. The van der Waals surface area contributed by atoms with Crippen molar-refractivity contribution in [2.24, 2.45) is 11.1 Å². The minimum Gasteiger partial charge on any atom is -0.330 e. The Kier molecular flexibility index (Phi) is 2.72. The van der Waals surface area contributed by atoms with E-state index in [1.165, 1.54) is 12.8 Å². The lowest BCUT2D eigenvalue weighted by Crippen LogP contribution is -2.42. The van der Waals surface area contributed by atoms with Crippen LogP contribution in [0.25, 0.3) is 0 Å². The van der Waals surface area contributed by atoms with Crippen LogP contribution in [0.1, 0.15) is 12.8 Å². The SMILES string of the molecule is NCC1(CN2CCS(=O)CC2)CC1. The molecule has 0 unspecified atom stereocenters. The predicted octanol–water partition coefficient (Wildman–Crippen LogP) is -0.210. The zero-order valence-corrected chi connectivity index (χ0v) is 8.81. The highest BCUT2D eigenvalue weighted by Gasteiger charge is 2.42. The Labute approximate surface area is 82.1 Å². The molecular formula is C9H18N2OS. The Morgan fingerprint density at radius 2 is 1.92 bits per heavy atom. The molecule has 2 aliphatic rings. The second kappa shape index (κ2) is 3.67. The molecule has 0 amide bonds. The molecule has 0 radical (unpaired) electrons. The molecule has 1 aliphatic heterocycles. The molecule has 4 heteroatoms. The van der Waals surface area contributed by atoms with Gasteiger partial charge < -0.3 is 10.6 Å². The number of hydrogen-bond acceptors (Lipinski definition) is 3. The Balaban J connectivity index is 1.79. The van der Waals surface area contributed by atoms with Gasteiger partial charge in [-0.25, -0.2) is 0 Å². The first-order chi connectivity index (χ1) is 6.24. The standard InChI is InChI=1S/C9H18N2OS/c10-7-9(1-2-9)8-11-3-5-13(12)6-4-11/h1-8,10H2. The Bertz CT molecular complexity index is 206. The fraction of sp³-hybridized carbons (Fsp3) is 1.00. The summed E-state index contributed by atoms with van der Waals surface area (Å²) in [5, 5.41) is 0. The average molecular weight is 202 g/mol. The van der Waals surface area contributed by atoms with Gasteiger partial charge in [-0.3, -0.25) is 4.21 Å². The maximum absolute atomic E-state index is 11.1. The monoisotopic (exact) mass is 202 g/mol. The summed E-state index contributed by atoms with van der Waals surface area (Å²) in [4.78, 5) is 2.43. The molecule has 1 heterocycles. The summed E-state index contributed by atoms with van der Waals surface area (Å²) in [6.45, 7) is 3.98. The molecule has 0 atom stereocenters. The van der Waals surface area contributed by atoms with E-state index in [-0.39, 0.29) is 0 Å². The maximum atomic E-state index is 11.1. The molecule has 1 saturated carbocycles. The van der Waals surface area contributed by atoms with Crippen LogP contribution in [0.3, 0.4) is 0 Å². The van der Waals surface area contributed by atoms with Gasteiger partial charge in [0.2, 0.25) is 0 Å². The van der Waals surface area contributed by atoms with Gasteiger partial charge in [0.15, 0.2) is 0 Å². The number of rotatable bonds is 3. The lowest BCUT2D eigenvalue weighted by atomic mass is 10.1. The number of nitrogens with two attached hydrogens (primary N) is 1. The van der Waals surface area contributed by atoms with Gasteiger partial charge in [0, 0.05) is 41.9 Å². The first kappa shape index (κ1) is 9.62. The fourth-order valence-corrected chi connectivity index (χ4v) is 3.04. The van der Waals surface area contributed by atoms with Crippen LogP contribution < -0.4 is 5.73 Å². The first-order valence-corrected chi connectivity index (χ1v) is 6.50. The second-order valence-electron chi connectivity index (χ2n) is 4.33. The molecule has 3 nitrogen and oxygen atoms in total. The van der Waals surface area contributed by atoms with Crippen LogP contribution in [-0.4, -0.2) is 46.8 Å². The zero-order valence-electron chi connectivity index (χ0n) is 8.00. The summed E-state index contributed by atoms with van der Waals surface area (Å²) in [5.74, 6) is 1.72. The molecule has 13 heavy (non-hydrogen) atoms. The minimum atomic E-state index is -0.544. The quantitative estimate of drug-likeness (QED) is 0.689.